The maximum atomic E-state index is 13.7. The lowest BCUT2D eigenvalue weighted by molar-refractivity contribution is -0.120. The van der Waals surface area contributed by atoms with E-state index in [-0.39, 0.29) is 17.2 Å². The Morgan fingerprint density at radius 3 is 1.94 bits per heavy atom. The van der Waals surface area contributed by atoms with Crippen molar-refractivity contribution in [1.29, 1.82) is 0 Å². The molecule has 2 amide bonds. The molecular weight excluding hydrogens is 432 g/mol. The summed E-state index contributed by atoms with van der Waals surface area (Å²) in [5.74, 6) is -0.295. The Kier molecular flexibility index (Phi) is 6.42. The second-order valence-electron chi connectivity index (χ2n) is 10.7. The first kappa shape index (κ1) is 24.5. The fourth-order valence-corrected chi connectivity index (χ4v) is 4.25. The molecule has 0 saturated heterocycles. The van der Waals surface area contributed by atoms with Crippen molar-refractivity contribution in [3.63, 3.8) is 0 Å². The molecule has 3 aromatic carbocycles. The molecule has 0 aliphatic carbocycles. The van der Waals surface area contributed by atoms with Crippen LogP contribution >= 0.6 is 0 Å². The Bertz CT molecular complexity index is 1310. The van der Waals surface area contributed by atoms with Gasteiger partial charge in [0.25, 0.3) is 11.8 Å². The van der Waals surface area contributed by atoms with Crippen LogP contribution in [0, 0.1) is 13.8 Å². The summed E-state index contributed by atoms with van der Waals surface area (Å²) in [5.41, 5.74) is 7.38. The molecule has 0 spiro atoms. The predicted molar refractivity (Wildman–Crippen MR) is 145 cm³/mol. The molecule has 180 valence electrons. The number of carbonyl (C=O) groups is 2. The van der Waals surface area contributed by atoms with Crippen LogP contribution in [-0.4, -0.2) is 11.8 Å². The first-order valence-corrected chi connectivity index (χ1v) is 12.2. The summed E-state index contributed by atoms with van der Waals surface area (Å²) in [5, 5.41) is 3.28. The first-order chi connectivity index (χ1) is 16.5. The molecule has 4 heteroatoms. The highest BCUT2D eigenvalue weighted by Crippen LogP contribution is 2.35. The Labute approximate surface area is 208 Å². The van der Waals surface area contributed by atoms with Crippen molar-refractivity contribution in [3.8, 4) is 0 Å². The lowest BCUT2D eigenvalue weighted by atomic mass is 9.87. The Hall–Kier alpha value is -3.66. The van der Waals surface area contributed by atoms with E-state index in [2.05, 4.69) is 52.1 Å². The van der Waals surface area contributed by atoms with Crippen molar-refractivity contribution in [3.05, 3.63) is 100 Å². The standard InChI is InChI=1S/C31H34N2O2/c1-19(2)22-10-16-26(17-11-22)33-29(34)27(23-9-8-20(3)21(4)18-23)28(30(33)35)32-25-14-12-24(13-15-25)31(5,6)7/h8-19,32H,1-7H3. The number of imide groups is 1. The van der Waals surface area contributed by atoms with Crippen LogP contribution in [0.3, 0.4) is 0 Å². The quantitative estimate of drug-likeness (QED) is 0.407. The van der Waals surface area contributed by atoms with Gasteiger partial charge in [0.05, 0.1) is 11.3 Å². The van der Waals surface area contributed by atoms with E-state index in [1.54, 1.807) is 0 Å². The van der Waals surface area contributed by atoms with Gasteiger partial charge in [-0.1, -0.05) is 77.1 Å². The van der Waals surface area contributed by atoms with Crippen molar-refractivity contribution in [2.24, 2.45) is 0 Å². The zero-order valence-electron chi connectivity index (χ0n) is 21.7. The van der Waals surface area contributed by atoms with Gasteiger partial charge in [-0.3, -0.25) is 9.59 Å². The van der Waals surface area contributed by atoms with E-state index in [1.165, 1.54) is 10.5 Å². The van der Waals surface area contributed by atoms with Crippen LogP contribution in [0.1, 0.15) is 68.4 Å². The van der Waals surface area contributed by atoms with Crippen molar-refractivity contribution in [2.75, 3.05) is 10.2 Å². The van der Waals surface area contributed by atoms with Crippen LogP contribution < -0.4 is 10.2 Å². The number of amides is 2. The second kappa shape index (κ2) is 9.18. The van der Waals surface area contributed by atoms with Crippen LogP contribution in [0.15, 0.2) is 72.4 Å². The zero-order valence-corrected chi connectivity index (χ0v) is 21.7. The molecule has 1 aliphatic heterocycles. The van der Waals surface area contributed by atoms with Crippen LogP contribution in [0.25, 0.3) is 5.57 Å². The van der Waals surface area contributed by atoms with E-state index < -0.39 is 0 Å². The molecule has 0 saturated carbocycles. The van der Waals surface area contributed by atoms with E-state index in [1.807, 2.05) is 68.4 Å². The van der Waals surface area contributed by atoms with Gasteiger partial charge in [-0.25, -0.2) is 4.90 Å². The van der Waals surface area contributed by atoms with Crippen molar-refractivity contribution in [2.45, 2.75) is 59.8 Å². The lowest BCUT2D eigenvalue weighted by Gasteiger charge is -2.19. The average Bonchev–Trinajstić information content (AvgIpc) is 3.05. The normalized spacial score (nSPS) is 14.3. The van der Waals surface area contributed by atoms with Gasteiger partial charge in [0, 0.05) is 5.69 Å². The Morgan fingerprint density at radius 2 is 1.40 bits per heavy atom. The molecule has 0 bridgehead atoms. The topological polar surface area (TPSA) is 49.4 Å². The molecule has 35 heavy (non-hydrogen) atoms. The maximum Gasteiger partial charge on any atom is 0.282 e. The Balaban J connectivity index is 1.77. The number of rotatable bonds is 5. The zero-order chi connectivity index (χ0) is 25.5. The number of nitrogens with one attached hydrogen (secondary N) is 1. The number of anilines is 2. The molecular formula is C31H34N2O2. The van der Waals surface area contributed by atoms with Gasteiger partial charge in [-0.05, 0) is 77.3 Å². The molecule has 1 heterocycles. The number of nitrogens with zero attached hydrogens (tertiary/aromatic N) is 1. The minimum atomic E-state index is -0.347. The fourth-order valence-electron chi connectivity index (χ4n) is 4.25. The highest BCUT2D eigenvalue weighted by atomic mass is 16.2. The van der Waals surface area contributed by atoms with Crippen LogP contribution in [0.2, 0.25) is 0 Å². The van der Waals surface area contributed by atoms with E-state index in [9.17, 15) is 9.59 Å². The summed E-state index contributed by atoms with van der Waals surface area (Å²) in [4.78, 5) is 28.7. The molecule has 0 aromatic heterocycles. The third-order valence-corrected chi connectivity index (χ3v) is 6.72. The maximum absolute atomic E-state index is 13.7. The lowest BCUT2D eigenvalue weighted by Crippen LogP contribution is -2.32. The van der Waals surface area contributed by atoms with E-state index in [0.717, 1.165) is 27.9 Å². The van der Waals surface area contributed by atoms with Gasteiger partial charge < -0.3 is 5.32 Å². The van der Waals surface area contributed by atoms with E-state index in [0.29, 0.717) is 22.9 Å². The number of aryl methyl sites for hydroxylation is 2. The second-order valence-corrected chi connectivity index (χ2v) is 10.7. The molecule has 1 aliphatic rings. The largest absolute Gasteiger partial charge is 0.350 e. The van der Waals surface area contributed by atoms with Gasteiger partial charge in [-0.15, -0.1) is 0 Å². The van der Waals surface area contributed by atoms with Gasteiger partial charge in [0.15, 0.2) is 0 Å². The molecule has 3 aromatic rings. The van der Waals surface area contributed by atoms with Gasteiger partial charge >= 0.3 is 0 Å². The van der Waals surface area contributed by atoms with Gasteiger partial charge in [0.2, 0.25) is 0 Å². The summed E-state index contributed by atoms with van der Waals surface area (Å²) in [6.07, 6.45) is 0. The molecule has 0 atom stereocenters. The first-order valence-electron chi connectivity index (χ1n) is 12.2. The minimum Gasteiger partial charge on any atom is -0.350 e. The third kappa shape index (κ3) is 4.79. The Morgan fingerprint density at radius 1 is 0.771 bits per heavy atom. The monoisotopic (exact) mass is 466 g/mol. The average molecular weight is 467 g/mol. The molecule has 0 unspecified atom stereocenters. The van der Waals surface area contributed by atoms with Crippen molar-refractivity contribution < 1.29 is 9.59 Å². The van der Waals surface area contributed by atoms with E-state index >= 15 is 0 Å². The van der Waals surface area contributed by atoms with Gasteiger partial charge in [0.1, 0.15) is 5.70 Å². The molecule has 0 fully saturated rings. The molecule has 4 rings (SSSR count). The number of carbonyl (C=O) groups excluding carboxylic acids is 2. The molecule has 0 radical (unpaired) electrons. The summed E-state index contributed by atoms with van der Waals surface area (Å²) in [6.45, 7) is 14.8. The summed E-state index contributed by atoms with van der Waals surface area (Å²) in [7, 11) is 0. The van der Waals surface area contributed by atoms with Crippen LogP contribution in [-0.2, 0) is 15.0 Å². The SMILES string of the molecule is Cc1ccc(C2=C(Nc3ccc(C(C)(C)C)cc3)C(=O)N(c3ccc(C(C)C)cc3)C2=O)cc1C. The third-order valence-electron chi connectivity index (χ3n) is 6.72. The molecule has 4 nitrogen and oxygen atoms in total. The van der Waals surface area contributed by atoms with Crippen molar-refractivity contribution in [1.82, 2.24) is 0 Å². The summed E-state index contributed by atoms with van der Waals surface area (Å²) >= 11 is 0. The van der Waals surface area contributed by atoms with E-state index in [4.69, 9.17) is 0 Å². The van der Waals surface area contributed by atoms with Crippen LogP contribution in [0.4, 0.5) is 11.4 Å². The van der Waals surface area contributed by atoms with Gasteiger partial charge in [-0.2, -0.15) is 0 Å². The van der Waals surface area contributed by atoms with Crippen molar-refractivity contribution >= 4 is 28.8 Å². The summed E-state index contributed by atoms with van der Waals surface area (Å²) in [6, 6.07) is 21.6. The minimum absolute atomic E-state index is 0.0282. The predicted octanol–water partition coefficient (Wildman–Crippen LogP) is 7.12. The number of hydrogen-bond acceptors (Lipinski definition) is 3. The summed E-state index contributed by atoms with van der Waals surface area (Å²) < 4.78 is 0. The highest BCUT2D eigenvalue weighted by molar-refractivity contribution is 6.46. The number of benzene rings is 3. The van der Waals surface area contributed by atoms with Crippen LogP contribution in [0.5, 0.6) is 0 Å². The smallest absolute Gasteiger partial charge is 0.282 e. The number of hydrogen-bond donors (Lipinski definition) is 1. The fraction of sp³-hybridized carbons (Fsp3) is 0.290. The molecule has 1 N–H and O–H groups in total. The highest BCUT2D eigenvalue weighted by Gasteiger charge is 2.40.